The molecule has 0 bridgehead atoms. The Kier molecular flexibility index (Phi) is 4.10. The van der Waals surface area contributed by atoms with E-state index in [0.717, 1.165) is 6.42 Å². The van der Waals surface area contributed by atoms with Gasteiger partial charge in [-0.25, -0.2) is 4.68 Å². The molecule has 0 fully saturated rings. The SMILES string of the molecule is C#CCC(CC)Nc1c([N+](=O)[O-])c(C)nn1C. The molecule has 1 rings (SSSR count). The van der Waals surface area contributed by atoms with E-state index in [1.54, 1.807) is 14.0 Å². The van der Waals surface area contributed by atoms with E-state index in [0.29, 0.717) is 17.9 Å². The van der Waals surface area contributed by atoms with Gasteiger partial charge in [0.15, 0.2) is 0 Å². The molecule has 1 heterocycles. The van der Waals surface area contributed by atoms with Crippen LogP contribution >= 0.6 is 0 Å². The highest BCUT2D eigenvalue weighted by molar-refractivity contribution is 5.59. The van der Waals surface area contributed by atoms with Crippen molar-refractivity contribution in [1.82, 2.24) is 9.78 Å². The lowest BCUT2D eigenvalue weighted by Gasteiger charge is -2.14. The van der Waals surface area contributed by atoms with Crippen LogP contribution in [-0.4, -0.2) is 20.7 Å². The second-order valence-electron chi connectivity index (χ2n) is 3.82. The number of aryl methyl sites for hydroxylation is 2. The second-order valence-corrected chi connectivity index (χ2v) is 3.82. The highest BCUT2D eigenvalue weighted by Crippen LogP contribution is 2.28. The van der Waals surface area contributed by atoms with E-state index < -0.39 is 4.92 Å². The highest BCUT2D eigenvalue weighted by Gasteiger charge is 2.25. The summed E-state index contributed by atoms with van der Waals surface area (Å²) >= 11 is 0. The maximum absolute atomic E-state index is 11.0. The third-order valence-corrected chi connectivity index (χ3v) is 2.57. The lowest BCUT2D eigenvalue weighted by Crippen LogP contribution is -2.20. The van der Waals surface area contributed by atoms with Crippen molar-refractivity contribution in [2.75, 3.05) is 5.32 Å². The number of rotatable bonds is 5. The monoisotopic (exact) mass is 236 g/mol. The molecular weight excluding hydrogens is 220 g/mol. The van der Waals surface area contributed by atoms with Gasteiger partial charge in [0.2, 0.25) is 5.82 Å². The summed E-state index contributed by atoms with van der Waals surface area (Å²) in [5.74, 6) is 2.96. The molecule has 6 nitrogen and oxygen atoms in total. The van der Waals surface area contributed by atoms with Crippen LogP contribution in [0.3, 0.4) is 0 Å². The van der Waals surface area contributed by atoms with Gasteiger partial charge in [-0.2, -0.15) is 5.10 Å². The van der Waals surface area contributed by atoms with Crippen LogP contribution in [-0.2, 0) is 7.05 Å². The van der Waals surface area contributed by atoms with Gasteiger partial charge in [0.1, 0.15) is 5.69 Å². The molecule has 0 amide bonds. The largest absolute Gasteiger partial charge is 0.361 e. The Balaban J connectivity index is 3.05. The van der Waals surface area contributed by atoms with Gasteiger partial charge in [0, 0.05) is 19.5 Å². The average molecular weight is 236 g/mol. The molecule has 1 aromatic rings. The van der Waals surface area contributed by atoms with E-state index in [-0.39, 0.29) is 11.7 Å². The third-order valence-electron chi connectivity index (χ3n) is 2.57. The lowest BCUT2D eigenvalue weighted by molar-refractivity contribution is -0.384. The van der Waals surface area contributed by atoms with E-state index in [1.807, 2.05) is 6.92 Å². The molecule has 0 radical (unpaired) electrons. The van der Waals surface area contributed by atoms with Crippen molar-refractivity contribution >= 4 is 11.5 Å². The Morgan fingerprint density at radius 2 is 2.35 bits per heavy atom. The molecule has 0 spiro atoms. The van der Waals surface area contributed by atoms with E-state index in [2.05, 4.69) is 16.3 Å². The number of anilines is 1. The first-order chi connectivity index (χ1) is 8.01. The van der Waals surface area contributed by atoms with Crippen LogP contribution in [0.4, 0.5) is 11.5 Å². The lowest BCUT2D eigenvalue weighted by atomic mass is 10.1. The summed E-state index contributed by atoms with van der Waals surface area (Å²) in [6.07, 6.45) is 6.58. The zero-order valence-electron chi connectivity index (χ0n) is 10.2. The molecule has 17 heavy (non-hydrogen) atoms. The molecule has 92 valence electrons. The minimum absolute atomic E-state index is 0.0166. The van der Waals surface area contributed by atoms with Crippen LogP contribution in [0.2, 0.25) is 0 Å². The van der Waals surface area contributed by atoms with Gasteiger partial charge in [0.05, 0.1) is 4.92 Å². The summed E-state index contributed by atoms with van der Waals surface area (Å²) in [5, 5.41) is 18.1. The van der Waals surface area contributed by atoms with Crippen molar-refractivity contribution in [3.05, 3.63) is 15.8 Å². The van der Waals surface area contributed by atoms with Crippen LogP contribution in [0, 0.1) is 29.4 Å². The summed E-state index contributed by atoms with van der Waals surface area (Å²) in [6.45, 7) is 3.59. The standard InChI is InChI=1S/C11H16N4O2/c1-5-7-9(6-2)12-11-10(15(16)17)8(3)13-14(11)4/h1,9,12H,6-7H2,2-4H3. The van der Waals surface area contributed by atoms with Crippen molar-refractivity contribution in [3.63, 3.8) is 0 Å². The van der Waals surface area contributed by atoms with E-state index in [4.69, 9.17) is 6.42 Å². The predicted molar refractivity (Wildman–Crippen MR) is 65.8 cm³/mol. The minimum Gasteiger partial charge on any atom is -0.361 e. The van der Waals surface area contributed by atoms with Crippen LogP contribution in [0.25, 0.3) is 0 Å². The van der Waals surface area contributed by atoms with Gasteiger partial charge in [0.25, 0.3) is 0 Å². The molecule has 1 N–H and O–H groups in total. The fourth-order valence-electron chi connectivity index (χ4n) is 1.66. The van der Waals surface area contributed by atoms with E-state index in [9.17, 15) is 10.1 Å². The van der Waals surface area contributed by atoms with Crippen LogP contribution < -0.4 is 5.32 Å². The van der Waals surface area contributed by atoms with Crippen molar-refractivity contribution in [1.29, 1.82) is 0 Å². The van der Waals surface area contributed by atoms with Gasteiger partial charge in [-0.15, -0.1) is 12.3 Å². The van der Waals surface area contributed by atoms with Crippen LogP contribution in [0.5, 0.6) is 0 Å². The summed E-state index contributed by atoms with van der Waals surface area (Å²) in [5.41, 5.74) is 0.415. The molecule has 1 aromatic heterocycles. The summed E-state index contributed by atoms with van der Waals surface area (Å²) < 4.78 is 1.48. The van der Waals surface area contributed by atoms with Gasteiger partial charge >= 0.3 is 5.69 Å². The number of aromatic nitrogens is 2. The molecule has 0 aliphatic carbocycles. The van der Waals surface area contributed by atoms with E-state index >= 15 is 0 Å². The maximum atomic E-state index is 11.0. The Labute approximate surface area is 100 Å². The first-order valence-electron chi connectivity index (χ1n) is 5.39. The fraction of sp³-hybridized carbons (Fsp3) is 0.545. The number of nitro groups is 1. The molecule has 0 aliphatic rings. The molecule has 0 saturated heterocycles. The van der Waals surface area contributed by atoms with E-state index in [1.165, 1.54) is 4.68 Å². The van der Waals surface area contributed by atoms with Crippen molar-refractivity contribution in [2.45, 2.75) is 32.7 Å². The Bertz CT molecular complexity index is 459. The van der Waals surface area contributed by atoms with Gasteiger partial charge in [-0.1, -0.05) is 6.92 Å². The van der Waals surface area contributed by atoms with Gasteiger partial charge in [-0.3, -0.25) is 10.1 Å². The number of hydrogen-bond acceptors (Lipinski definition) is 4. The molecule has 0 saturated carbocycles. The quantitative estimate of drug-likeness (QED) is 0.481. The Morgan fingerprint density at radius 3 is 2.82 bits per heavy atom. The summed E-state index contributed by atoms with van der Waals surface area (Å²) in [4.78, 5) is 10.5. The third kappa shape index (κ3) is 2.75. The highest BCUT2D eigenvalue weighted by atomic mass is 16.6. The minimum atomic E-state index is -0.423. The Morgan fingerprint density at radius 1 is 1.71 bits per heavy atom. The number of nitrogens with one attached hydrogen (secondary N) is 1. The normalized spacial score (nSPS) is 11.9. The zero-order valence-corrected chi connectivity index (χ0v) is 10.2. The number of hydrogen-bond donors (Lipinski definition) is 1. The van der Waals surface area contributed by atoms with Crippen molar-refractivity contribution in [2.24, 2.45) is 7.05 Å². The molecular formula is C11H16N4O2. The molecule has 6 heteroatoms. The second kappa shape index (κ2) is 5.34. The summed E-state index contributed by atoms with van der Waals surface area (Å²) in [7, 11) is 1.67. The summed E-state index contributed by atoms with van der Waals surface area (Å²) in [6, 6.07) is 0.0218. The fourth-order valence-corrected chi connectivity index (χ4v) is 1.66. The number of terminal acetylenes is 1. The average Bonchev–Trinajstić information content (AvgIpc) is 2.53. The van der Waals surface area contributed by atoms with Crippen molar-refractivity contribution < 1.29 is 4.92 Å². The maximum Gasteiger partial charge on any atom is 0.333 e. The van der Waals surface area contributed by atoms with Gasteiger partial charge in [-0.05, 0) is 13.3 Å². The predicted octanol–water partition coefficient (Wildman–Crippen LogP) is 1.85. The van der Waals surface area contributed by atoms with Crippen LogP contribution in [0.15, 0.2) is 0 Å². The zero-order chi connectivity index (χ0) is 13.0. The molecule has 1 atom stereocenters. The number of nitrogens with zero attached hydrogens (tertiary/aromatic N) is 3. The van der Waals surface area contributed by atoms with Crippen molar-refractivity contribution in [3.8, 4) is 12.3 Å². The topological polar surface area (TPSA) is 73.0 Å². The molecule has 1 unspecified atom stereocenters. The molecule has 0 aliphatic heterocycles. The smallest absolute Gasteiger partial charge is 0.333 e. The first kappa shape index (κ1) is 13.0. The Hall–Kier alpha value is -2.03. The van der Waals surface area contributed by atoms with Gasteiger partial charge < -0.3 is 5.32 Å². The molecule has 0 aromatic carbocycles. The van der Waals surface area contributed by atoms with Crippen LogP contribution in [0.1, 0.15) is 25.5 Å². The first-order valence-corrected chi connectivity index (χ1v) is 5.39.